The van der Waals surface area contributed by atoms with E-state index in [0.29, 0.717) is 24.3 Å². The van der Waals surface area contributed by atoms with Gasteiger partial charge in [-0.15, -0.1) is 17.9 Å². The Kier molecular flexibility index (Phi) is 8.36. The summed E-state index contributed by atoms with van der Waals surface area (Å²) < 4.78 is 7.16. The number of nitrogens with two attached hydrogens (primary N) is 1. The predicted molar refractivity (Wildman–Crippen MR) is 178 cm³/mol. The SMILES string of the molecule is C=CCCC(C(N)=O)n1c(-c2ccc3nc(-c4sc(C)nc4C)ccc3c2)c(C2CCCCC2)c2ccc(C(=O)OC)cc21. The number of hydrogen-bond acceptors (Lipinski definition) is 6. The Morgan fingerprint density at radius 3 is 2.57 bits per heavy atom. The molecule has 2 aromatic carbocycles. The van der Waals surface area contributed by atoms with Gasteiger partial charge in [0.15, 0.2) is 0 Å². The molecule has 0 aliphatic heterocycles. The van der Waals surface area contributed by atoms with Gasteiger partial charge in [0.1, 0.15) is 6.04 Å². The number of nitrogens with zero attached hydrogens (tertiary/aromatic N) is 3. The molecule has 226 valence electrons. The molecule has 0 radical (unpaired) electrons. The van der Waals surface area contributed by atoms with Gasteiger partial charge in [0, 0.05) is 10.8 Å². The Hall–Kier alpha value is -4.30. The predicted octanol–water partition coefficient (Wildman–Crippen LogP) is 8.42. The monoisotopic (exact) mass is 606 g/mol. The fourth-order valence-electron chi connectivity index (χ4n) is 6.85. The topological polar surface area (TPSA) is 100 Å². The van der Waals surface area contributed by atoms with Crippen LogP contribution in [0.3, 0.4) is 0 Å². The fraction of sp³-hybridized carbons (Fsp3) is 0.333. The number of fused-ring (bicyclic) bond motifs is 2. The van der Waals surface area contributed by atoms with Crippen LogP contribution in [0.2, 0.25) is 0 Å². The van der Waals surface area contributed by atoms with Crippen LogP contribution in [0.15, 0.2) is 61.2 Å². The summed E-state index contributed by atoms with van der Waals surface area (Å²) >= 11 is 1.65. The van der Waals surface area contributed by atoms with Gasteiger partial charge in [-0.25, -0.2) is 14.8 Å². The van der Waals surface area contributed by atoms with Crippen LogP contribution in [-0.2, 0) is 9.53 Å². The zero-order valence-electron chi connectivity index (χ0n) is 25.6. The van der Waals surface area contributed by atoms with Crippen molar-refractivity contribution in [3.63, 3.8) is 0 Å². The molecular formula is C36H38N4O3S. The lowest BCUT2D eigenvalue weighted by molar-refractivity contribution is -0.121. The molecule has 0 spiro atoms. The molecule has 0 saturated heterocycles. The molecule has 2 N–H and O–H groups in total. The number of amides is 1. The Bertz CT molecular complexity index is 1900. The quantitative estimate of drug-likeness (QED) is 0.134. The number of allylic oxidation sites excluding steroid dienone is 1. The summed E-state index contributed by atoms with van der Waals surface area (Å²) in [5.74, 6) is -0.500. The summed E-state index contributed by atoms with van der Waals surface area (Å²) in [7, 11) is 1.38. The molecule has 44 heavy (non-hydrogen) atoms. The van der Waals surface area contributed by atoms with Crippen LogP contribution in [-0.4, -0.2) is 33.5 Å². The first-order valence-corrected chi connectivity index (χ1v) is 16.1. The lowest BCUT2D eigenvalue weighted by Crippen LogP contribution is -2.27. The van der Waals surface area contributed by atoms with Crippen molar-refractivity contribution in [3.05, 3.63) is 83.0 Å². The number of aromatic nitrogens is 3. The second kappa shape index (κ2) is 12.4. The van der Waals surface area contributed by atoms with E-state index in [-0.39, 0.29) is 0 Å². The minimum absolute atomic E-state index is 0.327. The second-order valence-corrected chi connectivity index (χ2v) is 12.9. The number of carbonyl (C=O) groups is 2. The summed E-state index contributed by atoms with van der Waals surface area (Å²) in [6, 6.07) is 15.6. The van der Waals surface area contributed by atoms with E-state index in [1.807, 2.05) is 38.1 Å². The minimum atomic E-state index is -0.621. The summed E-state index contributed by atoms with van der Waals surface area (Å²) in [4.78, 5) is 36.5. The van der Waals surface area contributed by atoms with Crippen LogP contribution < -0.4 is 5.73 Å². The first-order valence-electron chi connectivity index (χ1n) is 15.3. The van der Waals surface area contributed by atoms with E-state index in [9.17, 15) is 9.59 Å². The molecule has 5 aromatic rings. The molecule has 1 unspecified atom stereocenters. The van der Waals surface area contributed by atoms with Crippen molar-refractivity contribution in [2.75, 3.05) is 7.11 Å². The van der Waals surface area contributed by atoms with Gasteiger partial charge in [0.25, 0.3) is 0 Å². The molecular weight excluding hydrogens is 568 g/mol. The Labute approximate surface area is 261 Å². The maximum Gasteiger partial charge on any atom is 0.337 e. The fourth-order valence-corrected chi connectivity index (χ4v) is 7.74. The van der Waals surface area contributed by atoms with E-state index in [4.69, 9.17) is 15.5 Å². The van der Waals surface area contributed by atoms with Gasteiger partial charge in [-0.1, -0.05) is 43.5 Å². The molecule has 1 atom stereocenters. The molecule has 1 fully saturated rings. The van der Waals surface area contributed by atoms with Gasteiger partial charge >= 0.3 is 5.97 Å². The van der Waals surface area contributed by atoms with Gasteiger partial charge in [0.05, 0.1) is 50.7 Å². The smallest absolute Gasteiger partial charge is 0.337 e. The number of esters is 1. The first kappa shape index (κ1) is 29.8. The largest absolute Gasteiger partial charge is 0.465 e. The van der Waals surface area contributed by atoms with E-state index < -0.39 is 17.9 Å². The number of pyridine rings is 1. The van der Waals surface area contributed by atoms with Crippen molar-refractivity contribution in [2.45, 2.75) is 70.8 Å². The van der Waals surface area contributed by atoms with Crippen LogP contribution in [0.1, 0.15) is 83.5 Å². The molecule has 1 amide bonds. The highest BCUT2D eigenvalue weighted by Crippen LogP contribution is 2.46. The third-order valence-corrected chi connectivity index (χ3v) is 9.96. The van der Waals surface area contributed by atoms with Gasteiger partial charge < -0.3 is 15.0 Å². The van der Waals surface area contributed by atoms with Gasteiger partial charge in [-0.05, 0) is 86.9 Å². The summed E-state index contributed by atoms with van der Waals surface area (Å²) in [6.07, 6.45) is 8.64. The number of primary amides is 1. The van der Waals surface area contributed by atoms with Crippen molar-refractivity contribution < 1.29 is 14.3 Å². The number of methoxy groups -OCH3 is 1. The Balaban J connectivity index is 1.62. The molecule has 1 aliphatic carbocycles. The van der Waals surface area contributed by atoms with Gasteiger partial charge in [0.2, 0.25) is 5.91 Å². The zero-order chi connectivity index (χ0) is 31.0. The Morgan fingerprint density at radius 2 is 1.89 bits per heavy atom. The summed E-state index contributed by atoms with van der Waals surface area (Å²) in [6.45, 7) is 7.93. The number of hydrogen-bond donors (Lipinski definition) is 1. The van der Waals surface area contributed by atoms with Crippen molar-refractivity contribution in [1.82, 2.24) is 14.5 Å². The molecule has 1 aliphatic rings. The maximum absolute atomic E-state index is 13.2. The lowest BCUT2D eigenvalue weighted by atomic mass is 9.81. The second-order valence-electron chi connectivity index (χ2n) is 11.7. The lowest BCUT2D eigenvalue weighted by Gasteiger charge is -2.25. The third kappa shape index (κ3) is 5.43. The van der Waals surface area contributed by atoms with Crippen LogP contribution in [0.5, 0.6) is 0 Å². The van der Waals surface area contributed by atoms with E-state index in [0.717, 1.165) is 80.0 Å². The molecule has 8 heteroatoms. The van der Waals surface area contributed by atoms with Crippen molar-refractivity contribution in [3.8, 4) is 21.8 Å². The maximum atomic E-state index is 13.2. The number of ether oxygens (including phenoxy) is 1. The average molecular weight is 607 g/mol. The molecule has 0 bridgehead atoms. The summed E-state index contributed by atoms with van der Waals surface area (Å²) in [5, 5.41) is 3.08. The zero-order valence-corrected chi connectivity index (χ0v) is 26.4. The molecule has 7 nitrogen and oxygen atoms in total. The first-order chi connectivity index (χ1) is 21.3. The van der Waals surface area contributed by atoms with Crippen LogP contribution in [0, 0.1) is 13.8 Å². The number of aryl methyl sites for hydroxylation is 2. The van der Waals surface area contributed by atoms with E-state index >= 15 is 0 Å². The number of rotatable bonds is 9. The van der Waals surface area contributed by atoms with E-state index in [2.05, 4.69) is 46.5 Å². The van der Waals surface area contributed by atoms with E-state index in [1.165, 1.54) is 19.1 Å². The number of benzene rings is 2. The van der Waals surface area contributed by atoms with Gasteiger partial charge in [-0.3, -0.25) is 4.79 Å². The molecule has 6 rings (SSSR count). The standard InChI is InChI=1S/C36H38N4O3S/c1-5-6-12-30(35(37)41)40-31-20-26(36(42)43-4)13-16-27(31)32(23-10-8-7-9-11-23)33(40)25-15-17-28-24(19-25)14-18-29(39-28)34-21(2)38-22(3)44-34/h5,13-20,23,30H,1,6-12H2,2-4H3,(H2,37,41). The van der Waals surface area contributed by atoms with Crippen molar-refractivity contribution >= 4 is 45.0 Å². The highest BCUT2D eigenvalue weighted by molar-refractivity contribution is 7.15. The number of carbonyl (C=O) groups excluding carboxylic acids is 2. The minimum Gasteiger partial charge on any atom is -0.465 e. The van der Waals surface area contributed by atoms with Crippen LogP contribution in [0.4, 0.5) is 0 Å². The number of thiazole rings is 1. The summed E-state index contributed by atoms with van der Waals surface area (Å²) in [5.41, 5.74) is 13.4. The molecule has 3 heterocycles. The van der Waals surface area contributed by atoms with Gasteiger partial charge in [-0.2, -0.15) is 0 Å². The van der Waals surface area contributed by atoms with E-state index in [1.54, 1.807) is 11.3 Å². The Morgan fingerprint density at radius 1 is 1.09 bits per heavy atom. The highest BCUT2D eigenvalue weighted by Gasteiger charge is 2.31. The van der Waals surface area contributed by atoms with Crippen molar-refractivity contribution in [2.24, 2.45) is 5.73 Å². The third-order valence-electron chi connectivity index (χ3n) is 8.86. The van der Waals surface area contributed by atoms with Crippen LogP contribution in [0.25, 0.3) is 43.6 Å². The highest BCUT2D eigenvalue weighted by atomic mass is 32.1. The molecule has 1 saturated carbocycles. The molecule has 3 aromatic heterocycles. The van der Waals surface area contributed by atoms with Crippen molar-refractivity contribution in [1.29, 1.82) is 0 Å². The van der Waals surface area contributed by atoms with Crippen LogP contribution >= 0.6 is 11.3 Å². The average Bonchev–Trinajstić information content (AvgIpc) is 3.56. The normalized spacial score (nSPS) is 14.6.